The topological polar surface area (TPSA) is 46.2 Å². The third-order valence-electron chi connectivity index (χ3n) is 3.29. The van der Waals surface area contributed by atoms with Crippen LogP contribution in [0.3, 0.4) is 0 Å². The molecule has 4 heteroatoms. The fraction of sp³-hybridized carbons (Fsp3) is 1.00. The van der Waals surface area contributed by atoms with Crippen LogP contribution in [-0.2, 0) is 9.84 Å². The van der Waals surface area contributed by atoms with Crippen LogP contribution in [-0.4, -0.2) is 32.0 Å². The minimum Gasteiger partial charge on any atom is -0.309 e. The van der Waals surface area contributed by atoms with Gasteiger partial charge < -0.3 is 5.32 Å². The fourth-order valence-corrected chi connectivity index (χ4v) is 4.09. The first-order chi connectivity index (χ1) is 5.91. The van der Waals surface area contributed by atoms with Crippen molar-refractivity contribution in [1.29, 1.82) is 0 Å². The lowest BCUT2D eigenvalue weighted by Gasteiger charge is -2.32. The van der Waals surface area contributed by atoms with Crippen molar-refractivity contribution in [2.24, 2.45) is 5.41 Å². The van der Waals surface area contributed by atoms with E-state index in [1.54, 1.807) is 0 Å². The average molecular weight is 203 g/mol. The molecule has 0 amide bonds. The smallest absolute Gasteiger partial charge is 0.153 e. The van der Waals surface area contributed by atoms with Crippen LogP contribution in [0.2, 0.25) is 0 Å². The molecule has 1 aliphatic carbocycles. The molecular formula is C9H17NO2S. The van der Waals surface area contributed by atoms with Crippen molar-refractivity contribution in [3.63, 3.8) is 0 Å². The van der Waals surface area contributed by atoms with E-state index < -0.39 is 9.84 Å². The summed E-state index contributed by atoms with van der Waals surface area (Å²) < 4.78 is 23.0. The fourth-order valence-electron chi connectivity index (χ4n) is 2.09. The zero-order valence-corrected chi connectivity index (χ0v) is 9.02. The summed E-state index contributed by atoms with van der Waals surface area (Å²) in [7, 11) is -2.79. The van der Waals surface area contributed by atoms with E-state index in [2.05, 4.69) is 12.2 Å². The van der Waals surface area contributed by atoms with Gasteiger partial charge in [-0.05, 0) is 25.2 Å². The molecule has 76 valence electrons. The Morgan fingerprint density at radius 2 is 1.92 bits per heavy atom. The van der Waals surface area contributed by atoms with Gasteiger partial charge in [0.1, 0.15) is 0 Å². The molecule has 0 aromatic heterocycles. The molecule has 0 radical (unpaired) electrons. The maximum Gasteiger partial charge on any atom is 0.153 e. The third kappa shape index (κ3) is 1.89. The molecule has 2 unspecified atom stereocenters. The molecule has 13 heavy (non-hydrogen) atoms. The van der Waals surface area contributed by atoms with Gasteiger partial charge in [-0.3, -0.25) is 0 Å². The first-order valence-electron chi connectivity index (χ1n) is 4.88. The van der Waals surface area contributed by atoms with Crippen molar-refractivity contribution in [2.45, 2.75) is 38.8 Å². The normalized spacial score (nSPS) is 41.4. The van der Waals surface area contributed by atoms with Crippen LogP contribution in [0, 0.1) is 5.41 Å². The highest BCUT2D eigenvalue weighted by Gasteiger charge is 2.48. The maximum atomic E-state index is 11.5. The minimum atomic E-state index is -2.79. The molecule has 0 aromatic carbocycles. The van der Waals surface area contributed by atoms with Gasteiger partial charge in [0, 0.05) is 12.1 Å². The Labute approximate surface area is 79.8 Å². The monoisotopic (exact) mass is 203 g/mol. The standard InChI is InChI=1S/C9H17NO2S/c1-7-5-13(11,12)6-8(10-7)9(2)3-4-9/h7-8,10H,3-6H2,1-2H3. The van der Waals surface area contributed by atoms with Crippen LogP contribution in [0.15, 0.2) is 0 Å². The van der Waals surface area contributed by atoms with Gasteiger partial charge in [0.25, 0.3) is 0 Å². The molecule has 2 fully saturated rings. The Balaban J connectivity index is 2.14. The van der Waals surface area contributed by atoms with E-state index >= 15 is 0 Å². The summed E-state index contributed by atoms with van der Waals surface area (Å²) in [5.41, 5.74) is 0.266. The number of hydrogen-bond acceptors (Lipinski definition) is 3. The molecule has 1 N–H and O–H groups in total. The summed E-state index contributed by atoms with van der Waals surface area (Å²) in [6.45, 7) is 4.13. The second-order valence-corrected chi connectivity index (χ2v) is 7.01. The van der Waals surface area contributed by atoms with Crippen molar-refractivity contribution in [3.8, 4) is 0 Å². The van der Waals surface area contributed by atoms with E-state index in [-0.39, 0.29) is 17.5 Å². The van der Waals surface area contributed by atoms with Crippen molar-refractivity contribution in [2.75, 3.05) is 11.5 Å². The van der Waals surface area contributed by atoms with Crippen LogP contribution in [0.5, 0.6) is 0 Å². The van der Waals surface area contributed by atoms with Crippen molar-refractivity contribution < 1.29 is 8.42 Å². The summed E-state index contributed by atoms with van der Waals surface area (Å²) in [5, 5.41) is 3.40. The van der Waals surface area contributed by atoms with Gasteiger partial charge in [0.2, 0.25) is 0 Å². The number of hydrogen-bond donors (Lipinski definition) is 1. The SMILES string of the molecule is CC1CS(=O)(=O)CC(C2(C)CC2)N1. The van der Waals surface area contributed by atoms with Crippen LogP contribution in [0.1, 0.15) is 26.7 Å². The first-order valence-corrected chi connectivity index (χ1v) is 6.70. The highest BCUT2D eigenvalue weighted by atomic mass is 32.2. The van der Waals surface area contributed by atoms with Gasteiger partial charge >= 0.3 is 0 Å². The van der Waals surface area contributed by atoms with E-state index in [9.17, 15) is 8.42 Å². The van der Waals surface area contributed by atoms with Gasteiger partial charge in [-0.2, -0.15) is 0 Å². The summed E-state index contributed by atoms with van der Waals surface area (Å²) in [4.78, 5) is 0. The zero-order valence-electron chi connectivity index (χ0n) is 8.21. The van der Waals surface area contributed by atoms with E-state index in [4.69, 9.17) is 0 Å². The lowest BCUT2D eigenvalue weighted by atomic mass is 10.00. The molecule has 2 aliphatic rings. The Bertz CT molecular complexity index is 306. The largest absolute Gasteiger partial charge is 0.309 e. The molecule has 2 atom stereocenters. The summed E-state index contributed by atoms with van der Waals surface area (Å²) in [6, 6.07) is 0.322. The van der Waals surface area contributed by atoms with E-state index in [0.29, 0.717) is 11.5 Å². The molecule has 0 spiro atoms. The van der Waals surface area contributed by atoms with Crippen molar-refractivity contribution in [1.82, 2.24) is 5.32 Å². The molecule has 0 bridgehead atoms. The van der Waals surface area contributed by atoms with E-state index in [1.807, 2.05) is 6.92 Å². The van der Waals surface area contributed by atoms with Crippen LogP contribution in [0.25, 0.3) is 0 Å². The first kappa shape index (κ1) is 9.46. The zero-order chi connectivity index (χ0) is 9.69. The van der Waals surface area contributed by atoms with Crippen LogP contribution >= 0.6 is 0 Å². The minimum absolute atomic E-state index is 0.126. The van der Waals surface area contributed by atoms with E-state index in [0.717, 1.165) is 0 Å². The molecule has 0 aromatic rings. The van der Waals surface area contributed by atoms with Gasteiger partial charge in [-0.25, -0.2) is 8.42 Å². The van der Waals surface area contributed by atoms with Crippen molar-refractivity contribution >= 4 is 9.84 Å². The highest BCUT2D eigenvalue weighted by Crippen LogP contribution is 2.49. The third-order valence-corrected chi connectivity index (χ3v) is 5.14. The summed E-state index contributed by atoms with van der Waals surface area (Å²) in [6.07, 6.45) is 2.35. The van der Waals surface area contributed by atoms with Gasteiger partial charge in [0.05, 0.1) is 11.5 Å². The molecule has 1 saturated heterocycles. The van der Waals surface area contributed by atoms with Crippen LogP contribution < -0.4 is 5.32 Å². The molecule has 1 aliphatic heterocycles. The Hall–Kier alpha value is -0.0900. The predicted octanol–water partition coefficient (Wildman–Crippen LogP) is 0.562. The molecule has 2 rings (SSSR count). The lowest BCUT2D eigenvalue weighted by Crippen LogP contribution is -2.53. The average Bonchev–Trinajstić information content (AvgIpc) is 2.64. The molecule has 1 heterocycles. The molecule has 3 nitrogen and oxygen atoms in total. The number of rotatable bonds is 1. The Morgan fingerprint density at radius 1 is 1.31 bits per heavy atom. The van der Waals surface area contributed by atoms with Crippen molar-refractivity contribution in [3.05, 3.63) is 0 Å². The van der Waals surface area contributed by atoms with E-state index in [1.165, 1.54) is 12.8 Å². The summed E-state index contributed by atoms with van der Waals surface area (Å²) >= 11 is 0. The van der Waals surface area contributed by atoms with Gasteiger partial charge in [0.15, 0.2) is 9.84 Å². The highest BCUT2D eigenvalue weighted by molar-refractivity contribution is 7.91. The summed E-state index contributed by atoms with van der Waals surface area (Å²) in [5.74, 6) is 0.646. The molecular weight excluding hydrogens is 186 g/mol. The quantitative estimate of drug-likeness (QED) is 0.677. The predicted molar refractivity (Wildman–Crippen MR) is 52.4 cm³/mol. The van der Waals surface area contributed by atoms with Crippen LogP contribution in [0.4, 0.5) is 0 Å². The van der Waals surface area contributed by atoms with Gasteiger partial charge in [-0.1, -0.05) is 6.92 Å². The maximum absolute atomic E-state index is 11.5. The molecule has 1 saturated carbocycles. The lowest BCUT2D eigenvalue weighted by molar-refractivity contribution is 0.344. The number of nitrogens with one attached hydrogen (secondary N) is 1. The second kappa shape index (κ2) is 2.70. The Morgan fingerprint density at radius 3 is 2.38 bits per heavy atom. The number of sulfone groups is 1. The van der Waals surface area contributed by atoms with Gasteiger partial charge in [-0.15, -0.1) is 0 Å². The second-order valence-electron chi connectivity index (χ2n) is 4.85. The Kier molecular flexibility index (Phi) is 1.97.